The fourth-order valence-electron chi connectivity index (χ4n) is 4.05. The van der Waals surface area contributed by atoms with E-state index in [-0.39, 0.29) is 28.6 Å². The predicted octanol–water partition coefficient (Wildman–Crippen LogP) is 4.83. The number of aromatic amines is 1. The summed E-state index contributed by atoms with van der Waals surface area (Å²) in [7, 11) is 0. The van der Waals surface area contributed by atoms with Crippen LogP contribution in [0, 0.1) is 5.82 Å². The largest absolute Gasteiger partial charge is 0.573 e. The standard InChI is InChI=1S/C24H18F8N6O3/c1-11(36-18-9-35-37-21(39)19(18)23(27,28)29)4-13(25)10-38-3-2-12-5-16(17(26)6-15(12)22(38)40)20-33-7-14(8-34-20)41-24(30,31)32/h2-3,5-9,11,13H,4,10H2,1H3,(H2,36,37,39)/t11-,13-/m1/s1. The molecule has 0 aliphatic carbocycles. The highest BCUT2D eigenvalue weighted by atomic mass is 19.4. The molecule has 0 radical (unpaired) electrons. The maximum atomic E-state index is 14.9. The van der Waals surface area contributed by atoms with E-state index in [0.29, 0.717) is 12.4 Å². The molecular formula is C24H18F8N6O3. The molecule has 0 saturated carbocycles. The minimum atomic E-state index is -4.99. The molecule has 0 saturated heterocycles. The van der Waals surface area contributed by atoms with E-state index in [9.17, 15) is 44.7 Å². The molecule has 41 heavy (non-hydrogen) atoms. The molecule has 0 aliphatic heterocycles. The van der Waals surface area contributed by atoms with Crippen molar-refractivity contribution in [2.24, 2.45) is 0 Å². The van der Waals surface area contributed by atoms with Gasteiger partial charge in [0.1, 0.15) is 17.6 Å². The third-order valence-electron chi connectivity index (χ3n) is 5.71. The summed E-state index contributed by atoms with van der Waals surface area (Å²) in [6.45, 7) is 0.853. The smallest absolute Gasteiger partial charge is 0.402 e. The molecule has 0 unspecified atom stereocenters. The van der Waals surface area contributed by atoms with Crippen LogP contribution in [0.25, 0.3) is 22.2 Å². The van der Waals surface area contributed by atoms with Gasteiger partial charge in [-0.3, -0.25) is 9.59 Å². The van der Waals surface area contributed by atoms with Crippen LogP contribution in [-0.4, -0.2) is 43.3 Å². The number of ether oxygens (including phenoxy) is 1. The normalized spacial score (nSPS) is 13.7. The Labute approximate surface area is 223 Å². The molecule has 0 fully saturated rings. The number of nitrogens with one attached hydrogen (secondary N) is 2. The number of alkyl halides is 7. The zero-order valence-electron chi connectivity index (χ0n) is 20.6. The van der Waals surface area contributed by atoms with E-state index in [1.807, 2.05) is 0 Å². The number of hydrogen-bond donors (Lipinski definition) is 2. The van der Waals surface area contributed by atoms with Gasteiger partial charge < -0.3 is 14.6 Å². The highest BCUT2D eigenvalue weighted by Gasteiger charge is 2.37. The first kappa shape index (κ1) is 29.4. The second-order valence-corrected chi connectivity index (χ2v) is 8.85. The molecule has 4 rings (SSSR count). The van der Waals surface area contributed by atoms with Crippen LogP contribution >= 0.6 is 0 Å². The molecule has 0 spiro atoms. The number of hydrogen-bond acceptors (Lipinski definition) is 7. The molecule has 9 nitrogen and oxygen atoms in total. The molecule has 218 valence electrons. The van der Waals surface area contributed by atoms with Gasteiger partial charge in [0, 0.05) is 18.7 Å². The summed E-state index contributed by atoms with van der Waals surface area (Å²) in [6, 6.07) is 2.50. The van der Waals surface area contributed by atoms with Crippen molar-refractivity contribution in [3.05, 3.63) is 75.1 Å². The molecule has 0 amide bonds. The topological polar surface area (TPSA) is 115 Å². The van der Waals surface area contributed by atoms with Gasteiger partial charge in [-0.05, 0) is 30.5 Å². The van der Waals surface area contributed by atoms with E-state index in [2.05, 4.69) is 25.1 Å². The van der Waals surface area contributed by atoms with Gasteiger partial charge in [0.15, 0.2) is 11.6 Å². The number of anilines is 1. The van der Waals surface area contributed by atoms with E-state index < -0.39 is 65.2 Å². The fourth-order valence-corrected chi connectivity index (χ4v) is 4.05. The van der Waals surface area contributed by atoms with Crippen molar-refractivity contribution in [1.29, 1.82) is 0 Å². The number of H-pyrrole nitrogens is 1. The van der Waals surface area contributed by atoms with Crippen LogP contribution in [0.5, 0.6) is 5.75 Å². The van der Waals surface area contributed by atoms with Crippen molar-refractivity contribution in [3.8, 4) is 17.1 Å². The Hall–Kier alpha value is -4.57. The minimum Gasteiger partial charge on any atom is -0.402 e. The molecule has 3 heterocycles. The van der Waals surface area contributed by atoms with E-state index in [0.717, 1.165) is 16.8 Å². The van der Waals surface area contributed by atoms with Crippen LogP contribution in [0.2, 0.25) is 0 Å². The molecule has 2 atom stereocenters. The first-order chi connectivity index (χ1) is 19.1. The molecule has 4 aromatic rings. The third kappa shape index (κ3) is 6.96. The first-order valence-corrected chi connectivity index (χ1v) is 11.6. The molecule has 0 bridgehead atoms. The highest BCUT2D eigenvalue weighted by molar-refractivity contribution is 5.86. The SMILES string of the molecule is C[C@H](C[C@@H](F)Cn1ccc2cc(-c3ncc(OC(F)(F)F)cn3)c(F)cc2c1=O)Nc1cn[nH]c(=O)c1C(F)(F)F. The van der Waals surface area contributed by atoms with Crippen LogP contribution in [0.15, 0.2) is 52.6 Å². The molecule has 0 aliphatic rings. The average molecular weight is 590 g/mol. The van der Waals surface area contributed by atoms with Gasteiger partial charge in [0.25, 0.3) is 11.1 Å². The lowest BCUT2D eigenvalue weighted by molar-refractivity contribution is -0.274. The number of nitrogens with zero attached hydrogens (tertiary/aromatic N) is 4. The van der Waals surface area contributed by atoms with Crippen LogP contribution in [0.4, 0.5) is 40.8 Å². The number of aromatic nitrogens is 5. The summed E-state index contributed by atoms with van der Waals surface area (Å²) in [5, 5.41) is 7.48. The zero-order chi connectivity index (χ0) is 30.1. The quantitative estimate of drug-likeness (QED) is 0.283. The van der Waals surface area contributed by atoms with Crippen LogP contribution in [0.1, 0.15) is 18.9 Å². The fraction of sp³-hybridized carbons (Fsp3) is 0.292. The molecule has 2 N–H and O–H groups in total. The van der Waals surface area contributed by atoms with Gasteiger partial charge in [0.05, 0.1) is 41.8 Å². The van der Waals surface area contributed by atoms with Crippen molar-refractivity contribution in [3.63, 3.8) is 0 Å². The summed E-state index contributed by atoms with van der Waals surface area (Å²) in [4.78, 5) is 31.8. The van der Waals surface area contributed by atoms with E-state index in [1.54, 1.807) is 5.10 Å². The van der Waals surface area contributed by atoms with E-state index in [1.165, 1.54) is 25.3 Å². The predicted molar refractivity (Wildman–Crippen MR) is 128 cm³/mol. The molecular weight excluding hydrogens is 572 g/mol. The van der Waals surface area contributed by atoms with Crippen LogP contribution in [0.3, 0.4) is 0 Å². The van der Waals surface area contributed by atoms with E-state index in [4.69, 9.17) is 0 Å². The lowest BCUT2D eigenvalue weighted by Crippen LogP contribution is -2.30. The minimum absolute atomic E-state index is 0.145. The number of pyridine rings is 1. The van der Waals surface area contributed by atoms with Crippen molar-refractivity contribution < 1.29 is 39.9 Å². The maximum absolute atomic E-state index is 14.9. The van der Waals surface area contributed by atoms with Crippen LogP contribution < -0.4 is 21.2 Å². The monoisotopic (exact) mass is 590 g/mol. The lowest BCUT2D eigenvalue weighted by atomic mass is 10.1. The van der Waals surface area contributed by atoms with Gasteiger partial charge in [-0.1, -0.05) is 0 Å². The number of rotatable bonds is 8. The summed E-state index contributed by atoms with van der Waals surface area (Å²) in [6.07, 6.45) is -8.70. The van der Waals surface area contributed by atoms with Crippen molar-refractivity contribution in [1.82, 2.24) is 24.7 Å². The van der Waals surface area contributed by atoms with E-state index >= 15 is 0 Å². The van der Waals surface area contributed by atoms with Gasteiger partial charge in [0.2, 0.25) is 0 Å². The molecule has 17 heteroatoms. The third-order valence-corrected chi connectivity index (χ3v) is 5.71. The van der Waals surface area contributed by atoms with Gasteiger partial charge >= 0.3 is 12.5 Å². The number of fused-ring (bicyclic) bond motifs is 1. The zero-order valence-corrected chi connectivity index (χ0v) is 20.6. The Morgan fingerprint density at radius 1 is 1.07 bits per heavy atom. The number of benzene rings is 1. The van der Waals surface area contributed by atoms with Crippen molar-refractivity contribution in [2.45, 2.75) is 44.6 Å². The van der Waals surface area contributed by atoms with Crippen molar-refractivity contribution in [2.75, 3.05) is 5.32 Å². The van der Waals surface area contributed by atoms with Crippen LogP contribution in [-0.2, 0) is 12.7 Å². The number of halogens is 8. The average Bonchev–Trinajstić information content (AvgIpc) is 2.84. The Morgan fingerprint density at radius 2 is 1.76 bits per heavy atom. The Balaban J connectivity index is 1.50. The first-order valence-electron chi connectivity index (χ1n) is 11.6. The van der Waals surface area contributed by atoms with Gasteiger partial charge in [-0.2, -0.15) is 18.3 Å². The molecule has 1 aromatic carbocycles. The Bertz CT molecular complexity index is 1670. The summed E-state index contributed by atoms with van der Waals surface area (Å²) in [5.41, 5.74) is -4.61. The molecule has 3 aromatic heterocycles. The maximum Gasteiger partial charge on any atom is 0.573 e. The lowest BCUT2D eigenvalue weighted by Gasteiger charge is -2.20. The second-order valence-electron chi connectivity index (χ2n) is 8.85. The highest BCUT2D eigenvalue weighted by Crippen LogP contribution is 2.32. The summed E-state index contributed by atoms with van der Waals surface area (Å²) in [5.74, 6) is -1.97. The second kappa shape index (κ2) is 11.1. The summed E-state index contributed by atoms with van der Waals surface area (Å²) < 4.78 is 111. The van der Waals surface area contributed by atoms with Crippen molar-refractivity contribution >= 4 is 16.5 Å². The summed E-state index contributed by atoms with van der Waals surface area (Å²) >= 11 is 0. The Morgan fingerprint density at radius 3 is 2.39 bits per heavy atom. The van der Waals surface area contributed by atoms with Gasteiger partial charge in [-0.25, -0.2) is 23.8 Å². The Kier molecular flexibility index (Phi) is 7.98. The van der Waals surface area contributed by atoms with Gasteiger partial charge in [-0.15, -0.1) is 13.2 Å².